The van der Waals surface area contributed by atoms with Crippen molar-refractivity contribution in [3.63, 3.8) is 0 Å². The molecule has 2 aliphatic rings. The number of hydrogen-bond acceptors (Lipinski definition) is 7. The van der Waals surface area contributed by atoms with Crippen LogP contribution in [0.3, 0.4) is 0 Å². The monoisotopic (exact) mass is 552 g/mol. The second-order valence-corrected chi connectivity index (χ2v) is 14.3. The van der Waals surface area contributed by atoms with Gasteiger partial charge in [-0.15, -0.1) is 0 Å². The number of aliphatic imine (C=N–C) groups is 1. The summed E-state index contributed by atoms with van der Waals surface area (Å²) in [5.74, 6) is -1.25. The summed E-state index contributed by atoms with van der Waals surface area (Å²) in [7, 11) is -3.03. The molecule has 0 spiro atoms. The van der Waals surface area contributed by atoms with E-state index in [0.717, 1.165) is 10.6 Å². The van der Waals surface area contributed by atoms with Gasteiger partial charge in [-0.25, -0.2) is 4.79 Å². The van der Waals surface area contributed by atoms with Crippen molar-refractivity contribution >= 4 is 70.9 Å². The number of benzene rings is 1. The number of alkyl halides is 3. The van der Waals surface area contributed by atoms with Crippen molar-refractivity contribution in [2.24, 2.45) is 4.99 Å². The highest BCUT2D eigenvalue weighted by atomic mass is 35.6. The minimum atomic E-state index is -3.03. The number of β-lactam (4-membered cyclic amide) rings is 1. The molecule has 0 bridgehead atoms. The molecule has 180 valence electrons. The van der Waals surface area contributed by atoms with Crippen molar-refractivity contribution in [2.75, 3.05) is 18.9 Å². The van der Waals surface area contributed by atoms with Crippen LogP contribution in [0.15, 0.2) is 46.8 Å². The van der Waals surface area contributed by atoms with Crippen molar-refractivity contribution in [1.82, 2.24) is 4.90 Å². The van der Waals surface area contributed by atoms with Crippen molar-refractivity contribution in [3.8, 4) is 0 Å². The Morgan fingerprint density at radius 1 is 1.21 bits per heavy atom. The maximum absolute atomic E-state index is 13.0. The van der Waals surface area contributed by atoms with Crippen LogP contribution in [0.5, 0.6) is 0 Å². The van der Waals surface area contributed by atoms with E-state index in [-0.39, 0.29) is 29.7 Å². The van der Waals surface area contributed by atoms with Gasteiger partial charge < -0.3 is 9.26 Å². The molecule has 1 fully saturated rings. The minimum absolute atomic E-state index is 0.0280. The predicted octanol–water partition coefficient (Wildman–Crippen LogP) is 5.39. The molecular formula is C21H24Cl3N2O5PS. The summed E-state index contributed by atoms with van der Waals surface area (Å²) in [6, 6.07) is 9.14. The average molecular weight is 554 g/mol. The number of amides is 1. The molecule has 1 aromatic carbocycles. The van der Waals surface area contributed by atoms with Crippen molar-refractivity contribution in [2.45, 2.75) is 42.4 Å². The third kappa shape index (κ3) is 6.29. The van der Waals surface area contributed by atoms with E-state index in [1.807, 2.05) is 30.3 Å². The molecule has 1 saturated heterocycles. The molecule has 0 N–H and O–H groups in total. The number of rotatable bonds is 9. The molecule has 0 radical (unpaired) electrons. The molecule has 2 aliphatic heterocycles. The number of thioether (sulfide) groups is 1. The number of fused-ring (bicyclic) bond motifs is 1. The fourth-order valence-corrected chi connectivity index (χ4v) is 6.16. The maximum Gasteiger partial charge on any atom is 0.358 e. The highest BCUT2D eigenvalue weighted by Crippen LogP contribution is 2.50. The first-order chi connectivity index (χ1) is 15.5. The van der Waals surface area contributed by atoms with Crippen LogP contribution in [0.1, 0.15) is 26.3 Å². The van der Waals surface area contributed by atoms with E-state index in [2.05, 4.69) is 4.99 Å². The number of esters is 1. The fourth-order valence-electron chi connectivity index (χ4n) is 3.38. The van der Waals surface area contributed by atoms with Crippen LogP contribution in [-0.2, 0) is 29.8 Å². The molecule has 1 amide bonds. The highest BCUT2D eigenvalue weighted by molar-refractivity contribution is 8.14. The molecule has 2 unspecified atom stereocenters. The maximum atomic E-state index is 13.0. The van der Waals surface area contributed by atoms with Gasteiger partial charge in [-0.3, -0.25) is 19.3 Å². The highest BCUT2D eigenvalue weighted by Gasteiger charge is 2.55. The molecule has 0 aliphatic carbocycles. The molecule has 2 atom stereocenters. The number of ether oxygens (including phenoxy) is 1. The van der Waals surface area contributed by atoms with E-state index in [0.29, 0.717) is 6.42 Å². The Morgan fingerprint density at radius 3 is 2.42 bits per heavy atom. The Hall–Kier alpha value is -1.18. The van der Waals surface area contributed by atoms with Gasteiger partial charge in [0.15, 0.2) is 11.7 Å². The van der Waals surface area contributed by atoms with Crippen LogP contribution in [0.25, 0.3) is 0 Å². The van der Waals surface area contributed by atoms with E-state index in [1.54, 1.807) is 13.8 Å². The van der Waals surface area contributed by atoms with E-state index in [1.165, 1.54) is 23.6 Å². The number of likely N-dealkylation sites (tertiary alicyclic amines) is 1. The van der Waals surface area contributed by atoms with Crippen LogP contribution in [0.2, 0.25) is 0 Å². The lowest BCUT2D eigenvalue weighted by atomic mass is 10.1. The van der Waals surface area contributed by atoms with Crippen LogP contribution in [0.4, 0.5) is 0 Å². The number of carbonyl (C=O) groups excluding carboxylic acids is 2. The van der Waals surface area contributed by atoms with Crippen LogP contribution >= 0.6 is 53.9 Å². The van der Waals surface area contributed by atoms with Gasteiger partial charge in [0.2, 0.25) is 11.2 Å². The first kappa shape index (κ1) is 26.4. The quantitative estimate of drug-likeness (QED) is 0.102. The SMILES string of the molecule is CCP(=O)(CC)OC(C)=C(C(=O)OCC(Cl)(Cl)Cl)N1C(=O)C2N=C(Cc3ccccc3)SC21. The summed E-state index contributed by atoms with van der Waals surface area (Å²) in [5.41, 5.74) is 0.912. The molecule has 1 aromatic rings. The zero-order chi connectivity index (χ0) is 24.4. The number of hydrogen-bond donors (Lipinski definition) is 0. The standard InChI is InChI=1S/C21H24Cl3N2O5PS/c1-4-32(29,5-2)31-13(3)17(20(28)30-12-21(22,23)24)26-18(27)16-19(26)33-15(25-16)11-14-9-7-6-8-10-14/h6-10,16,19H,4-5,11-12H2,1-3H3. The molecule has 0 saturated carbocycles. The molecule has 2 heterocycles. The summed E-state index contributed by atoms with van der Waals surface area (Å²) in [4.78, 5) is 31.7. The van der Waals surface area contributed by atoms with Gasteiger partial charge in [-0.05, 0) is 12.5 Å². The Balaban J connectivity index is 1.85. The molecule has 33 heavy (non-hydrogen) atoms. The lowest BCUT2D eigenvalue weighted by Crippen LogP contribution is -2.61. The van der Waals surface area contributed by atoms with E-state index in [4.69, 9.17) is 44.1 Å². The number of carbonyl (C=O) groups is 2. The van der Waals surface area contributed by atoms with Gasteiger partial charge >= 0.3 is 5.97 Å². The topological polar surface area (TPSA) is 85.3 Å². The summed E-state index contributed by atoms with van der Waals surface area (Å²) >= 11 is 18.5. The van der Waals surface area contributed by atoms with Gasteiger partial charge in [0.25, 0.3) is 5.91 Å². The van der Waals surface area contributed by atoms with E-state index in [9.17, 15) is 14.2 Å². The van der Waals surface area contributed by atoms with Gasteiger partial charge in [0.05, 0.1) is 5.04 Å². The predicted molar refractivity (Wildman–Crippen MR) is 133 cm³/mol. The number of nitrogens with zero attached hydrogens (tertiary/aromatic N) is 2. The lowest BCUT2D eigenvalue weighted by molar-refractivity contribution is -0.150. The van der Waals surface area contributed by atoms with E-state index >= 15 is 0 Å². The smallest absolute Gasteiger partial charge is 0.358 e. The fraction of sp³-hybridized carbons (Fsp3) is 0.476. The summed E-state index contributed by atoms with van der Waals surface area (Å²) < 4.78 is 21.9. The van der Waals surface area contributed by atoms with Crippen LogP contribution in [0, 0.1) is 0 Å². The minimum Gasteiger partial charge on any atom is -0.456 e. The van der Waals surface area contributed by atoms with Crippen LogP contribution in [-0.4, -0.2) is 56.0 Å². The van der Waals surface area contributed by atoms with Crippen molar-refractivity contribution in [3.05, 3.63) is 47.4 Å². The van der Waals surface area contributed by atoms with Crippen molar-refractivity contribution < 1.29 is 23.4 Å². The summed E-state index contributed by atoms with van der Waals surface area (Å²) in [5, 5.41) is 0.347. The van der Waals surface area contributed by atoms with Gasteiger partial charge in [0.1, 0.15) is 17.7 Å². The summed E-state index contributed by atoms with van der Waals surface area (Å²) in [6.45, 7) is 4.43. The Kier molecular flexibility index (Phi) is 8.50. The van der Waals surface area contributed by atoms with Gasteiger partial charge in [-0.2, -0.15) is 0 Å². The third-order valence-electron chi connectivity index (χ3n) is 5.15. The normalized spacial score (nSPS) is 21.1. The van der Waals surface area contributed by atoms with Gasteiger partial charge in [-0.1, -0.05) is 90.7 Å². The Morgan fingerprint density at radius 2 is 1.85 bits per heavy atom. The second-order valence-electron chi connectivity index (χ2n) is 7.48. The number of halogens is 3. The second kappa shape index (κ2) is 10.6. The molecule has 0 aromatic heterocycles. The first-order valence-electron chi connectivity index (χ1n) is 10.3. The molecule has 12 heteroatoms. The average Bonchev–Trinajstić information content (AvgIpc) is 3.14. The molecular weight excluding hydrogens is 530 g/mol. The zero-order valence-corrected chi connectivity index (χ0v) is 22.3. The largest absolute Gasteiger partial charge is 0.456 e. The molecule has 3 rings (SSSR count). The van der Waals surface area contributed by atoms with Crippen LogP contribution < -0.4 is 0 Å². The van der Waals surface area contributed by atoms with Crippen molar-refractivity contribution in [1.29, 1.82) is 0 Å². The lowest BCUT2D eigenvalue weighted by Gasteiger charge is -2.41. The Bertz CT molecular complexity index is 1020. The number of allylic oxidation sites excluding steroid dienone is 1. The third-order valence-corrected chi connectivity index (χ3v) is 9.25. The summed E-state index contributed by atoms with van der Waals surface area (Å²) in [6.07, 6.45) is 1.12. The molecule has 7 nitrogen and oxygen atoms in total. The first-order valence-corrected chi connectivity index (χ1v) is 14.3. The van der Waals surface area contributed by atoms with E-state index < -0.39 is 35.2 Å². The Labute approximate surface area is 212 Å². The van der Waals surface area contributed by atoms with Gasteiger partial charge in [0, 0.05) is 18.7 Å². The zero-order valence-electron chi connectivity index (χ0n) is 18.3.